The number of rotatable bonds is 7. The molecule has 1 atom stereocenters. The standard InChI is InChI=1S/C21H22F2N2O4/c1-13-10-14(2)12-17(11-13)28-9-8-25-18(26)21(3,24-20(25)27)15-4-6-16(7-5-15)29-19(22)23/h4-7,10-12,19H,8-9H2,1-3H3,(H,24,27)/t21-/m0/s1. The highest BCUT2D eigenvalue weighted by Crippen LogP contribution is 2.30. The van der Waals surface area contributed by atoms with Gasteiger partial charge in [-0.15, -0.1) is 0 Å². The van der Waals surface area contributed by atoms with Crippen LogP contribution in [0.5, 0.6) is 11.5 Å². The van der Waals surface area contributed by atoms with E-state index in [1.54, 1.807) is 6.92 Å². The van der Waals surface area contributed by atoms with Crippen LogP contribution in [0.25, 0.3) is 0 Å². The number of benzene rings is 2. The summed E-state index contributed by atoms with van der Waals surface area (Å²) in [5.74, 6) is 0.212. The third-order valence-electron chi connectivity index (χ3n) is 4.71. The van der Waals surface area contributed by atoms with Crippen molar-refractivity contribution < 1.29 is 27.8 Å². The highest BCUT2D eigenvalue weighted by molar-refractivity contribution is 6.07. The Morgan fingerprint density at radius 2 is 1.66 bits per heavy atom. The Kier molecular flexibility index (Phi) is 5.72. The smallest absolute Gasteiger partial charge is 0.387 e. The van der Waals surface area contributed by atoms with Crippen LogP contribution in [0.4, 0.5) is 13.6 Å². The van der Waals surface area contributed by atoms with E-state index in [2.05, 4.69) is 10.1 Å². The molecule has 0 bridgehead atoms. The van der Waals surface area contributed by atoms with Crippen LogP contribution >= 0.6 is 0 Å². The number of halogens is 2. The van der Waals surface area contributed by atoms with Crippen molar-refractivity contribution in [2.24, 2.45) is 0 Å². The molecular formula is C21H22F2N2O4. The number of aryl methyl sites for hydroxylation is 2. The van der Waals surface area contributed by atoms with Gasteiger partial charge in [0.05, 0.1) is 6.54 Å². The summed E-state index contributed by atoms with van der Waals surface area (Å²) in [6.45, 7) is 2.79. The van der Waals surface area contributed by atoms with E-state index < -0.39 is 24.1 Å². The molecule has 1 heterocycles. The van der Waals surface area contributed by atoms with Crippen molar-refractivity contribution in [2.75, 3.05) is 13.2 Å². The summed E-state index contributed by atoms with van der Waals surface area (Å²) in [6.07, 6.45) is 0. The second-order valence-corrected chi connectivity index (χ2v) is 7.09. The predicted molar refractivity (Wildman–Crippen MR) is 102 cm³/mol. The van der Waals surface area contributed by atoms with Crippen LogP contribution in [0.3, 0.4) is 0 Å². The predicted octanol–water partition coefficient (Wildman–Crippen LogP) is 3.75. The van der Waals surface area contributed by atoms with Gasteiger partial charge in [0, 0.05) is 0 Å². The van der Waals surface area contributed by atoms with Crippen molar-refractivity contribution in [3.63, 3.8) is 0 Å². The van der Waals surface area contributed by atoms with E-state index in [9.17, 15) is 18.4 Å². The fraction of sp³-hybridized carbons (Fsp3) is 0.333. The lowest BCUT2D eigenvalue weighted by atomic mass is 9.92. The maximum atomic E-state index is 12.9. The van der Waals surface area contributed by atoms with Gasteiger partial charge >= 0.3 is 12.6 Å². The van der Waals surface area contributed by atoms with Crippen molar-refractivity contribution >= 4 is 11.9 Å². The zero-order valence-corrected chi connectivity index (χ0v) is 16.4. The summed E-state index contributed by atoms with van der Waals surface area (Å²) in [7, 11) is 0. The number of alkyl halides is 2. The number of ether oxygens (including phenoxy) is 2. The maximum Gasteiger partial charge on any atom is 0.387 e. The molecule has 1 saturated heterocycles. The molecule has 0 radical (unpaired) electrons. The van der Waals surface area contributed by atoms with E-state index in [1.165, 1.54) is 24.3 Å². The van der Waals surface area contributed by atoms with Gasteiger partial charge in [-0.1, -0.05) is 18.2 Å². The number of urea groups is 1. The van der Waals surface area contributed by atoms with Crippen LogP contribution in [0.2, 0.25) is 0 Å². The van der Waals surface area contributed by atoms with Gasteiger partial charge in [-0.2, -0.15) is 8.78 Å². The number of nitrogens with one attached hydrogen (secondary N) is 1. The summed E-state index contributed by atoms with van der Waals surface area (Å²) >= 11 is 0. The Morgan fingerprint density at radius 3 is 2.24 bits per heavy atom. The van der Waals surface area contributed by atoms with E-state index in [1.807, 2.05) is 32.0 Å². The first-order chi connectivity index (χ1) is 13.7. The second kappa shape index (κ2) is 8.06. The Balaban J connectivity index is 1.66. The number of carbonyl (C=O) groups excluding carboxylic acids is 2. The summed E-state index contributed by atoms with van der Waals surface area (Å²) in [5, 5.41) is 2.67. The molecule has 0 aliphatic carbocycles. The molecule has 2 aromatic carbocycles. The molecule has 1 aliphatic rings. The molecule has 2 aromatic rings. The van der Waals surface area contributed by atoms with Crippen molar-refractivity contribution in [1.29, 1.82) is 0 Å². The van der Waals surface area contributed by atoms with Crippen LogP contribution in [-0.4, -0.2) is 36.6 Å². The molecule has 0 saturated carbocycles. The minimum absolute atomic E-state index is 0.0252. The average molecular weight is 404 g/mol. The van der Waals surface area contributed by atoms with Gasteiger partial charge in [-0.25, -0.2) is 4.79 Å². The molecular weight excluding hydrogens is 382 g/mol. The molecule has 6 nitrogen and oxygen atoms in total. The number of hydrogen-bond acceptors (Lipinski definition) is 4. The Hall–Kier alpha value is -3.16. The Labute approximate surface area is 167 Å². The number of nitrogens with zero attached hydrogens (tertiary/aromatic N) is 1. The van der Waals surface area contributed by atoms with Gasteiger partial charge in [-0.05, 0) is 61.7 Å². The minimum atomic E-state index is -2.93. The third-order valence-corrected chi connectivity index (χ3v) is 4.71. The van der Waals surface area contributed by atoms with Crippen molar-refractivity contribution in [2.45, 2.75) is 32.9 Å². The molecule has 3 rings (SSSR count). The fourth-order valence-electron chi connectivity index (χ4n) is 3.34. The van der Waals surface area contributed by atoms with E-state index in [-0.39, 0.29) is 18.9 Å². The normalized spacial score (nSPS) is 18.9. The fourth-order valence-corrected chi connectivity index (χ4v) is 3.34. The van der Waals surface area contributed by atoms with Gasteiger partial charge in [-0.3, -0.25) is 9.69 Å². The average Bonchev–Trinajstić information content (AvgIpc) is 2.85. The van der Waals surface area contributed by atoms with Crippen LogP contribution in [-0.2, 0) is 10.3 Å². The molecule has 0 aromatic heterocycles. The lowest BCUT2D eigenvalue weighted by Gasteiger charge is -2.22. The quantitative estimate of drug-likeness (QED) is 0.714. The molecule has 154 valence electrons. The number of amides is 3. The number of hydrogen-bond donors (Lipinski definition) is 1. The molecule has 29 heavy (non-hydrogen) atoms. The highest BCUT2D eigenvalue weighted by Gasteiger charge is 2.48. The van der Waals surface area contributed by atoms with Crippen LogP contribution in [0.15, 0.2) is 42.5 Å². The van der Waals surface area contributed by atoms with Gasteiger partial charge in [0.25, 0.3) is 5.91 Å². The lowest BCUT2D eigenvalue weighted by Crippen LogP contribution is -2.41. The van der Waals surface area contributed by atoms with Gasteiger partial charge < -0.3 is 14.8 Å². The topological polar surface area (TPSA) is 67.9 Å². The Bertz CT molecular complexity index is 897. The molecule has 1 fully saturated rings. The lowest BCUT2D eigenvalue weighted by molar-refractivity contribution is -0.131. The zero-order valence-electron chi connectivity index (χ0n) is 16.4. The number of carbonyl (C=O) groups is 2. The second-order valence-electron chi connectivity index (χ2n) is 7.09. The first-order valence-electron chi connectivity index (χ1n) is 9.09. The Morgan fingerprint density at radius 1 is 1.03 bits per heavy atom. The van der Waals surface area contributed by atoms with Crippen molar-refractivity contribution in [3.8, 4) is 11.5 Å². The molecule has 0 spiro atoms. The SMILES string of the molecule is Cc1cc(C)cc(OCCN2C(=O)N[C@@](C)(c3ccc(OC(F)F)cc3)C2=O)c1. The van der Waals surface area contributed by atoms with E-state index in [4.69, 9.17) is 4.74 Å². The monoisotopic (exact) mass is 404 g/mol. The van der Waals surface area contributed by atoms with Gasteiger partial charge in [0.15, 0.2) is 0 Å². The molecule has 1 aliphatic heterocycles. The highest BCUT2D eigenvalue weighted by atomic mass is 19.3. The van der Waals surface area contributed by atoms with Crippen LogP contribution < -0.4 is 14.8 Å². The molecule has 8 heteroatoms. The van der Waals surface area contributed by atoms with E-state index in [0.29, 0.717) is 11.3 Å². The summed E-state index contributed by atoms with van der Waals surface area (Å²) in [4.78, 5) is 26.3. The van der Waals surface area contributed by atoms with E-state index in [0.717, 1.165) is 16.0 Å². The molecule has 1 N–H and O–H groups in total. The maximum absolute atomic E-state index is 12.9. The molecule has 3 amide bonds. The minimum Gasteiger partial charge on any atom is -0.492 e. The van der Waals surface area contributed by atoms with Gasteiger partial charge in [0.2, 0.25) is 0 Å². The van der Waals surface area contributed by atoms with Gasteiger partial charge in [0.1, 0.15) is 23.6 Å². The van der Waals surface area contributed by atoms with Crippen molar-refractivity contribution in [3.05, 3.63) is 59.2 Å². The van der Waals surface area contributed by atoms with Crippen LogP contribution in [0, 0.1) is 13.8 Å². The number of imide groups is 1. The zero-order chi connectivity index (χ0) is 21.2. The first kappa shape index (κ1) is 20.6. The third kappa shape index (κ3) is 4.47. The largest absolute Gasteiger partial charge is 0.492 e. The summed E-state index contributed by atoms with van der Waals surface area (Å²) in [6, 6.07) is 10.9. The first-order valence-corrected chi connectivity index (χ1v) is 9.09. The summed E-state index contributed by atoms with van der Waals surface area (Å²) in [5.41, 5.74) is 1.29. The van der Waals surface area contributed by atoms with Crippen molar-refractivity contribution in [1.82, 2.24) is 10.2 Å². The molecule has 0 unspecified atom stereocenters. The van der Waals surface area contributed by atoms with Crippen LogP contribution in [0.1, 0.15) is 23.6 Å². The van der Waals surface area contributed by atoms with E-state index >= 15 is 0 Å². The summed E-state index contributed by atoms with van der Waals surface area (Å²) < 4.78 is 34.6.